The number of aromatic nitrogens is 4. The molecule has 2 fully saturated rings. The Morgan fingerprint density at radius 3 is 2.58 bits per heavy atom. The molecule has 8 heteroatoms. The van der Waals surface area contributed by atoms with Gasteiger partial charge in [-0.1, -0.05) is 41.8 Å². The zero-order valence-corrected chi connectivity index (χ0v) is 19.3. The number of anilines is 1. The standard InChI is InChI=1S/C25H25ClN6O/c1-16-4-2-7-18(14-16)22-28-29-23-20-9-8-19(26)15-21(20)27-25(32(22)23)31-12-10-30(11-13-31)24(33)17-5-3-6-17/h2,4,7-9,14-15,17H,3,5-6,10-13H2,1H3. The van der Waals surface area contributed by atoms with E-state index in [1.807, 2.05) is 29.2 Å². The van der Waals surface area contributed by atoms with E-state index in [1.165, 1.54) is 6.42 Å². The molecule has 1 aliphatic heterocycles. The molecule has 1 saturated carbocycles. The van der Waals surface area contributed by atoms with Gasteiger partial charge in [-0.05, 0) is 44.0 Å². The minimum Gasteiger partial charge on any atom is -0.339 e. The van der Waals surface area contributed by atoms with Gasteiger partial charge in [0.15, 0.2) is 11.5 Å². The molecular formula is C25H25ClN6O. The summed E-state index contributed by atoms with van der Waals surface area (Å²) in [5.74, 6) is 2.10. The van der Waals surface area contributed by atoms with Crippen molar-refractivity contribution in [3.8, 4) is 11.4 Å². The van der Waals surface area contributed by atoms with Crippen molar-refractivity contribution in [2.24, 2.45) is 5.92 Å². The highest BCUT2D eigenvalue weighted by Gasteiger charge is 2.32. The Morgan fingerprint density at radius 1 is 1.03 bits per heavy atom. The summed E-state index contributed by atoms with van der Waals surface area (Å²) >= 11 is 6.29. The van der Waals surface area contributed by atoms with Crippen LogP contribution < -0.4 is 4.90 Å². The molecule has 2 aromatic carbocycles. The molecule has 7 nitrogen and oxygen atoms in total. The molecule has 2 aromatic heterocycles. The van der Waals surface area contributed by atoms with Crippen molar-refractivity contribution in [2.75, 3.05) is 31.1 Å². The SMILES string of the molecule is Cc1cccc(-c2nnc3c4ccc(Cl)cc4nc(N4CCN(C(=O)C5CCC5)CC4)n23)c1. The summed E-state index contributed by atoms with van der Waals surface area (Å²) in [4.78, 5) is 22.0. The van der Waals surface area contributed by atoms with Gasteiger partial charge >= 0.3 is 0 Å². The Kier molecular flexibility index (Phi) is 4.94. The fraction of sp³-hybridized carbons (Fsp3) is 0.360. The molecule has 1 amide bonds. The first kappa shape index (κ1) is 20.4. The third-order valence-corrected chi connectivity index (χ3v) is 7.12. The number of benzene rings is 2. The molecule has 168 valence electrons. The quantitative estimate of drug-likeness (QED) is 0.454. The van der Waals surface area contributed by atoms with E-state index < -0.39 is 0 Å². The third kappa shape index (κ3) is 3.51. The van der Waals surface area contributed by atoms with E-state index in [9.17, 15) is 4.79 Å². The summed E-state index contributed by atoms with van der Waals surface area (Å²) in [5, 5.41) is 10.7. The van der Waals surface area contributed by atoms with E-state index >= 15 is 0 Å². The van der Waals surface area contributed by atoms with Gasteiger partial charge in [0, 0.05) is 48.1 Å². The van der Waals surface area contributed by atoms with Gasteiger partial charge in [0.25, 0.3) is 0 Å². The van der Waals surface area contributed by atoms with Gasteiger partial charge in [0.05, 0.1) is 5.52 Å². The Hall–Kier alpha value is -3.19. The third-order valence-electron chi connectivity index (χ3n) is 6.89. The molecule has 2 aliphatic rings. The second-order valence-corrected chi connectivity index (χ2v) is 9.50. The normalized spacial score (nSPS) is 17.0. The highest BCUT2D eigenvalue weighted by atomic mass is 35.5. The molecule has 0 atom stereocenters. The van der Waals surface area contributed by atoms with Crippen molar-refractivity contribution in [1.29, 1.82) is 0 Å². The molecule has 1 saturated heterocycles. The first-order valence-electron chi connectivity index (χ1n) is 11.5. The Morgan fingerprint density at radius 2 is 1.85 bits per heavy atom. The lowest BCUT2D eigenvalue weighted by Crippen LogP contribution is -2.51. The summed E-state index contributed by atoms with van der Waals surface area (Å²) in [6.07, 6.45) is 3.24. The lowest BCUT2D eigenvalue weighted by molar-refractivity contribution is -0.138. The highest BCUT2D eigenvalue weighted by Crippen LogP contribution is 2.32. The average molecular weight is 461 g/mol. The van der Waals surface area contributed by atoms with E-state index in [4.69, 9.17) is 16.6 Å². The molecular weight excluding hydrogens is 436 g/mol. The van der Waals surface area contributed by atoms with Gasteiger partial charge in [-0.15, -0.1) is 10.2 Å². The van der Waals surface area contributed by atoms with E-state index in [0.29, 0.717) is 24.0 Å². The summed E-state index contributed by atoms with van der Waals surface area (Å²) in [6.45, 7) is 4.92. The number of aryl methyl sites for hydroxylation is 1. The molecule has 33 heavy (non-hydrogen) atoms. The molecule has 6 rings (SSSR count). The van der Waals surface area contributed by atoms with Gasteiger partial charge in [-0.25, -0.2) is 9.38 Å². The second-order valence-electron chi connectivity index (χ2n) is 9.07. The van der Waals surface area contributed by atoms with Crippen molar-refractivity contribution in [3.05, 3.63) is 53.1 Å². The van der Waals surface area contributed by atoms with E-state index in [2.05, 4.69) is 44.6 Å². The number of hydrogen-bond donors (Lipinski definition) is 0. The molecule has 0 unspecified atom stereocenters. The largest absolute Gasteiger partial charge is 0.339 e. The maximum atomic E-state index is 12.7. The van der Waals surface area contributed by atoms with Crippen LogP contribution in [0.4, 0.5) is 5.95 Å². The molecule has 0 bridgehead atoms. The van der Waals surface area contributed by atoms with Crippen LogP contribution in [0.25, 0.3) is 27.9 Å². The van der Waals surface area contributed by atoms with Crippen LogP contribution >= 0.6 is 11.6 Å². The second kappa shape index (κ2) is 7.99. The predicted octanol–water partition coefficient (Wildman–Crippen LogP) is 4.36. The maximum Gasteiger partial charge on any atom is 0.225 e. The van der Waals surface area contributed by atoms with Crippen LogP contribution in [0.1, 0.15) is 24.8 Å². The van der Waals surface area contributed by atoms with Crippen LogP contribution in [0.5, 0.6) is 0 Å². The Balaban J connectivity index is 1.44. The van der Waals surface area contributed by atoms with Crippen LogP contribution in [0.15, 0.2) is 42.5 Å². The van der Waals surface area contributed by atoms with Gasteiger partial charge < -0.3 is 9.80 Å². The first-order chi connectivity index (χ1) is 16.1. The Bertz CT molecular complexity index is 1370. The molecule has 0 spiro atoms. The summed E-state index contributed by atoms with van der Waals surface area (Å²) in [6, 6.07) is 13.9. The average Bonchev–Trinajstić information content (AvgIpc) is 3.23. The molecule has 4 aromatic rings. The van der Waals surface area contributed by atoms with Crippen LogP contribution in [-0.2, 0) is 4.79 Å². The number of carbonyl (C=O) groups is 1. The van der Waals surface area contributed by atoms with Crippen LogP contribution in [0.2, 0.25) is 5.02 Å². The number of rotatable bonds is 3. The highest BCUT2D eigenvalue weighted by molar-refractivity contribution is 6.31. The fourth-order valence-electron chi connectivity index (χ4n) is 4.82. The lowest BCUT2D eigenvalue weighted by Gasteiger charge is -2.38. The van der Waals surface area contributed by atoms with Gasteiger partial charge in [-0.2, -0.15) is 0 Å². The van der Waals surface area contributed by atoms with E-state index in [-0.39, 0.29) is 5.92 Å². The van der Waals surface area contributed by atoms with Crippen molar-refractivity contribution in [2.45, 2.75) is 26.2 Å². The molecule has 0 N–H and O–H groups in total. The number of piperazine rings is 1. The number of halogens is 1. The van der Waals surface area contributed by atoms with E-state index in [0.717, 1.165) is 65.4 Å². The predicted molar refractivity (Wildman–Crippen MR) is 130 cm³/mol. The summed E-state index contributed by atoms with van der Waals surface area (Å²) in [5.41, 5.74) is 3.71. The minimum absolute atomic E-state index is 0.231. The van der Waals surface area contributed by atoms with Crippen LogP contribution in [0, 0.1) is 12.8 Å². The first-order valence-corrected chi connectivity index (χ1v) is 11.9. The lowest BCUT2D eigenvalue weighted by atomic mass is 9.84. The fourth-order valence-corrected chi connectivity index (χ4v) is 4.98. The van der Waals surface area contributed by atoms with Crippen molar-refractivity contribution in [1.82, 2.24) is 24.5 Å². The van der Waals surface area contributed by atoms with Crippen LogP contribution in [-0.4, -0.2) is 56.6 Å². The monoisotopic (exact) mass is 460 g/mol. The van der Waals surface area contributed by atoms with E-state index in [1.54, 1.807) is 0 Å². The minimum atomic E-state index is 0.231. The number of fused-ring (bicyclic) bond motifs is 3. The smallest absolute Gasteiger partial charge is 0.225 e. The molecule has 3 heterocycles. The number of amides is 1. The zero-order valence-electron chi connectivity index (χ0n) is 18.5. The topological polar surface area (TPSA) is 66.6 Å². The van der Waals surface area contributed by atoms with Gasteiger partial charge in [0.2, 0.25) is 11.9 Å². The Labute approximate surface area is 197 Å². The van der Waals surface area contributed by atoms with Gasteiger partial charge in [0.1, 0.15) is 0 Å². The number of hydrogen-bond acceptors (Lipinski definition) is 5. The zero-order chi connectivity index (χ0) is 22.5. The van der Waals surface area contributed by atoms with Gasteiger partial charge in [-0.3, -0.25) is 4.79 Å². The summed E-state index contributed by atoms with van der Waals surface area (Å²) in [7, 11) is 0. The number of nitrogens with zero attached hydrogens (tertiary/aromatic N) is 6. The van der Waals surface area contributed by atoms with Crippen LogP contribution in [0.3, 0.4) is 0 Å². The van der Waals surface area contributed by atoms with Crippen molar-refractivity contribution in [3.63, 3.8) is 0 Å². The van der Waals surface area contributed by atoms with Crippen molar-refractivity contribution < 1.29 is 4.79 Å². The maximum absolute atomic E-state index is 12.7. The van der Waals surface area contributed by atoms with Crippen molar-refractivity contribution >= 4 is 40.0 Å². The summed E-state index contributed by atoms with van der Waals surface area (Å²) < 4.78 is 2.05. The molecule has 1 aliphatic carbocycles. The molecule has 0 radical (unpaired) electrons. The number of carbonyl (C=O) groups excluding carboxylic acids is 1.